The quantitative estimate of drug-likeness (QED) is 0.724. The second-order valence-electron chi connectivity index (χ2n) is 5.10. The number of benzene rings is 1. The third-order valence-electron chi connectivity index (χ3n) is 3.39. The van der Waals surface area contributed by atoms with Crippen LogP contribution >= 0.6 is 11.3 Å². The Labute approximate surface area is 142 Å². The van der Waals surface area contributed by atoms with Gasteiger partial charge >= 0.3 is 11.8 Å². The predicted octanol–water partition coefficient (Wildman–Crippen LogP) is 1.31. The van der Waals surface area contributed by atoms with E-state index in [-0.39, 0.29) is 6.54 Å². The first-order valence-electron chi connectivity index (χ1n) is 7.32. The maximum Gasteiger partial charge on any atom is 0.313 e. The molecule has 2 amide bonds. The van der Waals surface area contributed by atoms with Gasteiger partial charge in [0.05, 0.1) is 6.10 Å². The van der Waals surface area contributed by atoms with E-state index in [1.165, 1.54) is 11.3 Å². The Morgan fingerprint density at radius 1 is 1.17 bits per heavy atom. The van der Waals surface area contributed by atoms with Crippen molar-refractivity contribution in [3.63, 3.8) is 0 Å². The lowest BCUT2D eigenvalue weighted by molar-refractivity contribution is -0.136. The van der Waals surface area contributed by atoms with Gasteiger partial charge in [-0.15, -0.1) is 0 Å². The average Bonchev–Trinajstić information content (AvgIpc) is 3.14. The summed E-state index contributed by atoms with van der Waals surface area (Å²) in [4.78, 5) is 23.7. The van der Waals surface area contributed by atoms with Crippen LogP contribution in [0.2, 0.25) is 0 Å². The maximum absolute atomic E-state index is 11.9. The maximum atomic E-state index is 11.9. The first-order valence-corrected chi connectivity index (χ1v) is 8.27. The number of ether oxygens (including phenoxy) is 2. The molecule has 0 aliphatic carbocycles. The van der Waals surface area contributed by atoms with E-state index in [0.29, 0.717) is 36.0 Å². The van der Waals surface area contributed by atoms with E-state index in [1.807, 2.05) is 5.38 Å². The van der Waals surface area contributed by atoms with Gasteiger partial charge in [0.25, 0.3) is 0 Å². The van der Waals surface area contributed by atoms with Gasteiger partial charge in [-0.3, -0.25) is 9.59 Å². The summed E-state index contributed by atoms with van der Waals surface area (Å²) in [5, 5.41) is 18.4. The Balaban J connectivity index is 1.53. The molecule has 1 aromatic carbocycles. The predicted molar refractivity (Wildman–Crippen MR) is 88.4 cm³/mol. The fourth-order valence-electron chi connectivity index (χ4n) is 2.16. The zero-order chi connectivity index (χ0) is 16.9. The number of fused-ring (bicyclic) bond motifs is 1. The van der Waals surface area contributed by atoms with Crippen molar-refractivity contribution in [2.45, 2.75) is 6.10 Å². The summed E-state index contributed by atoms with van der Waals surface area (Å²) < 4.78 is 10.8. The molecule has 0 saturated heterocycles. The summed E-state index contributed by atoms with van der Waals surface area (Å²) in [6, 6.07) is 6.65. The van der Waals surface area contributed by atoms with Crippen LogP contribution in [0.15, 0.2) is 35.0 Å². The highest BCUT2D eigenvalue weighted by atomic mass is 32.1. The van der Waals surface area contributed by atoms with Crippen LogP contribution in [0.3, 0.4) is 0 Å². The minimum absolute atomic E-state index is 0.0376. The Kier molecular flexibility index (Phi) is 4.97. The van der Waals surface area contributed by atoms with E-state index in [9.17, 15) is 14.7 Å². The Morgan fingerprint density at radius 3 is 2.71 bits per heavy atom. The molecule has 3 N–H and O–H groups in total. The van der Waals surface area contributed by atoms with E-state index in [1.54, 1.807) is 29.6 Å². The normalized spacial score (nSPS) is 13.9. The standard InChI is InChI=1S/C16H16N2O5S/c19-12(10-3-6-24-9-10)8-17-15(20)16(21)18-11-1-2-13-14(7-11)23-5-4-22-13/h1-3,6-7,9,12,19H,4-5,8H2,(H,17,20)(H,18,21)/t12-/m0/s1. The number of rotatable bonds is 4. The van der Waals surface area contributed by atoms with Gasteiger partial charge in [-0.05, 0) is 34.5 Å². The lowest BCUT2D eigenvalue weighted by atomic mass is 10.2. The highest BCUT2D eigenvalue weighted by Crippen LogP contribution is 2.32. The van der Waals surface area contributed by atoms with Crippen LogP contribution in [-0.2, 0) is 9.59 Å². The highest BCUT2D eigenvalue weighted by molar-refractivity contribution is 7.07. The van der Waals surface area contributed by atoms with Crippen molar-refractivity contribution in [2.75, 3.05) is 25.1 Å². The van der Waals surface area contributed by atoms with E-state index in [4.69, 9.17) is 9.47 Å². The molecule has 24 heavy (non-hydrogen) atoms. The van der Waals surface area contributed by atoms with E-state index in [2.05, 4.69) is 10.6 Å². The molecule has 0 saturated carbocycles. The monoisotopic (exact) mass is 348 g/mol. The highest BCUT2D eigenvalue weighted by Gasteiger charge is 2.18. The van der Waals surface area contributed by atoms with Gasteiger partial charge in [0.2, 0.25) is 0 Å². The van der Waals surface area contributed by atoms with Crippen LogP contribution in [0, 0.1) is 0 Å². The van der Waals surface area contributed by atoms with E-state index < -0.39 is 17.9 Å². The molecule has 1 aliphatic rings. The van der Waals surface area contributed by atoms with Gasteiger partial charge in [0, 0.05) is 18.3 Å². The third-order valence-corrected chi connectivity index (χ3v) is 4.09. The van der Waals surface area contributed by atoms with Crippen molar-refractivity contribution in [1.82, 2.24) is 5.32 Å². The smallest absolute Gasteiger partial charge is 0.313 e. The minimum atomic E-state index is -0.845. The molecular weight excluding hydrogens is 332 g/mol. The molecule has 0 bridgehead atoms. The second kappa shape index (κ2) is 7.33. The first kappa shape index (κ1) is 16.3. The number of amides is 2. The van der Waals surface area contributed by atoms with Crippen LogP contribution in [0.4, 0.5) is 5.69 Å². The molecule has 3 rings (SSSR count). The molecule has 2 heterocycles. The number of aliphatic hydroxyl groups is 1. The van der Waals surface area contributed by atoms with Crippen LogP contribution in [0.25, 0.3) is 0 Å². The number of anilines is 1. The van der Waals surface area contributed by atoms with Crippen molar-refractivity contribution in [1.29, 1.82) is 0 Å². The van der Waals surface area contributed by atoms with E-state index in [0.717, 1.165) is 0 Å². The molecule has 2 aromatic rings. The van der Waals surface area contributed by atoms with Crippen molar-refractivity contribution in [3.8, 4) is 11.5 Å². The number of nitrogens with one attached hydrogen (secondary N) is 2. The lowest BCUT2D eigenvalue weighted by Crippen LogP contribution is -2.37. The van der Waals surface area contributed by atoms with Crippen molar-refractivity contribution in [2.24, 2.45) is 0 Å². The van der Waals surface area contributed by atoms with Crippen molar-refractivity contribution < 1.29 is 24.2 Å². The molecule has 1 atom stereocenters. The summed E-state index contributed by atoms with van der Waals surface area (Å²) in [7, 11) is 0. The molecule has 0 fully saturated rings. The van der Waals surface area contributed by atoms with Crippen molar-refractivity contribution in [3.05, 3.63) is 40.6 Å². The van der Waals surface area contributed by atoms with Gasteiger partial charge in [-0.1, -0.05) is 0 Å². The van der Waals surface area contributed by atoms with Crippen LogP contribution in [0.5, 0.6) is 11.5 Å². The summed E-state index contributed by atoms with van der Waals surface area (Å²) in [6.07, 6.45) is -0.845. The summed E-state index contributed by atoms with van der Waals surface area (Å²) in [6.45, 7) is 0.878. The topological polar surface area (TPSA) is 96.9 Å². The Bertz CT molecular complexity index is 732. The number of aliphatic hydroxyl groups excluding tert-OH is 1. The average molecular weight is 348 g/mol. The number of hydrogen-bond acceptors (Lipinski definition) is 6. The molecule has 0 radical (unpaired) electrons. The van der Waals surface area contributed by atoms with E-state index >= 15 is 0 Å². The largest absolute Gasteiger partial charge is 0.486 e. The molecule has 0 unspecified atom stereocenters. The Hall–Kier alpha value is -2.58. The van der Waals surface area contributed by atoms with Gasteiger partial charge in [0.15, 0.2) is 11.5 Å². The molecular formula is C16H16N2O5S. The number of thiophene rings is 1. The van der Waals surface area contributed by atoms with Crippen LogP contribution in [0.1, 0.15) is 11.7 Å². The van der Waals surface area contributed by atoms with Gasteiger partial charge in [0.1, 0.15) is 13.2 Å². The molecule has 126 valence electrons. The summed E-state index contributed by atoms with van der Waals surface area (Å²) in [5.41, 5.74) is 1.13. The van der Waals surface area contributed by atoms with Crippen LogP contribution in [-0.4, -0.2) is 36.7 Å². The third kappa shape index (κ3) is 3.84. The molecule has 0 spiro atoms. The Morgan fingerprint density at radius 2 is 1.96 bits per heavy atom. The minimum Gasteiger partial charge on any atom is -0.486 e. The summed E-state index contributed by atoms with van der Waals surface area (Å²) >= 11 is 1.45. The molecule has 1 aromatic heterocycles. The number of carbonyl (C=O) groups is 2. The lowest BCUT2D eigenvalue weighted by Gasteiger charge is -2.19. The van der Waals surface area contributed by atoms with Gasteiger partial charge in [-0.2, -0.15) is 11.3 Å². The molecule has 7 nitrogen and oxygen atoms in total. The summed E-state index contributed by atoms with van der Waals surface area (Å²) in [5.74, 6) is -0.515. The number of hydrogen-bond donors (Lipinski definition) is 3. The SMILES string of the molecule is O=C(NC[C@H](O)c1ccsc1)C(=O)Nc1ccc2c(c1)OCCO2. The molecule has 8 heteroatoms. The second-order valence-corrected chi connectivity index (χ2v) is 5.88. The van der Waals surface area contributed by atoms with Crippen molar-refractivity contribution >= 4 is 28.8 Å². The van der Waals surface area contributed by atoms with Gasteiger partial charge in [-0.25, -0.2) is 0 Å². The zero-order valence-corrected chi connectivity index (χ0v) is 13.5. The zero-order valence-electron chi connectivity index (χ0n) is 12.7. The first-order chi connectivity index (χ1) is 11.6. The number of carbonyl (C=O) groups excluding carboxylic acids is 2. The fourth-order valence-corrected chi connectivity index (χ4v) is 2.87. The molecule has 1 aliphatic heterocycles. The van der Waals surface area contributed by atoms with Gasteiger partial charge < -0.3 is 25.2 Å². The van der Waals surface area contributed by atoms with Crippen LogP contribution < -0.4 is 20.1 Å². The fraction of sp³-hybridized carbons (Fsp3) is 0.250.